The molecule has 1 amide bonds. The van der Waals surface area contributed by atoms with Crippen LogP contribution in [-0.2, 0) is 11.3 Å². The van der Waals surface area contributed by atoms with Gasteiger partial charge in [-0.05, 0) is 44.9 Å². The predicted molar refractivity (Wildman–Crippen MR) is 81.2 cm³/mol. The zero-order valence-electron chi connectivity index (χ0n) is 12.9. The van der Waals surface area contributed by atoms with Gasteiger partial charge < -0.3 is 20.1 Å². The maximum Gasteiger partial charge on any atom is 0.410 e. The lowest BCUT2D eigenvalue weighted by atomic mass is 10.2. The molecular formula is C16H24N2O3. The molecular weight excluding hydrogens is 268 g/mol. The number of nitrogens with one attached hydrogen (secondary N) is 1. The van der Waals surface area contributed by atoms with Gasteiger partial charge in [-0.2, -0.15) is 0 Å². The van der Waals surface area contributed by atoms with Gasteiger partial charge in [0.25, 0.3) is 0 Å². The van der Waals surface area contributed by atoms with E-state index in [4.69, 9.17) is 4.74 Å². The van der Waals surface area contributed by atoms with Crippen LogP contribution in [0.25, 0.3) is 0 Å². The average molecular weight is 292 g/mol. The number of likely N-dealkylation sites (tertiary alicyclic amines) is 1. The normalized spacial score (nSPS) is 18.8. The summed E-state index contributed by atoms with van der Waals surface area (Å²) in [6.07, 6.45) is 0.688. The van der Waals surface area contributed by atoms with E-state index >= 15 is 0 Å². The fourth-order valence-corrected chi connectivity index (χ4v) is 2.30. The molecule has 1 saturated heterocycles. The molecule has 5 nitrogen and oxygen atoms in total. The summed E-state index contributed by atoms with van der Waals surface area (Å²) in [5.41, 5.74) is 0.665. The summed E-state index contributed by atoms with van der Waals surface area (Å²) >= 11 is 0. The molecule has 116 valence electrons. The largest absolute Gasteiger partial charge is 0.508 e. The van der Waals surface area contributed by atoms with Crippen molar-refractivity contribution in [2.24, 2.45) is 0 Å². The number of nitrogens with zero attached hydrogens (tertiary/aromatic N) is 1. The number of carbonyl (C=O) groups excluding carboxylic acids is 1. The Morgan fingerprint density at radius 1 is 1.38 bits per heavy atom. The highest BCUT2D eigenvalue weighted by molar-refractivity contribution is 5.68. The van der Waals surface area contributed by atoms with Crippen molar-refractivity contribution in [2.75, 3.05) is 13.1 Å². The first kappa shape index (κ1) is 15.6. The minimum Gasteiger partial charge on any atom is -0.508 e. The van der Waals surface area contributed by atoms with E-state index in [9.17, 15) is 9.90 Å². The highest BCUT2D eigenvalue weighted by atomic mass is 16.6. The molecule has 1 aliphatic rings. The van der Waals surface area contributed by atoms with Gasteiger partial charge in [-0.15, -0.1) is 0 Å². The van der Waals surface area contributed by atoms with E-state index in [0.717, 1.165) is 25.1 Å². The van der Waals surface area contributed by atoms with Crippen LogP contribution < -0.4 is 5.32 Å². The third kappa shape index (κ3) is 4.93. The molecule has 1 atom stereocenters. The lowest BCUT2D eigenvalue weighted by molar-refractivity contribution is 0.0291. The molecule has 1 fully saturated rings. The van der Waals surface area contributed by atoms with Crippen molar-refractivity contribution in [2.45, 2.75) is 45.4 Å². The van der Waals surface area contributed by atoms with Crippen molar-refractivity contribution in [3.8, 4) is 5.75 Å². The number of carbonyl (C=O) groups is 1. The lowest BCUT2D eigenvalue weighted by Gasteiger charge is -2.24. The van der Waals surface area contributed by atoms with Crippen molar-refractivity contribution < 1.29 is 14.6 Å². The SMILES string of the molecule is CC(C)(C)OC(=O)N1CCC(NCc2ccc(O)cc2)C1. The number of rotatable bonds is 3. The third-order valence-corrected chi connectivity index (χ3v) is 3.37. The molecule has 0 radical (unpaired) electrons. The first-order valence-electron chi connectivity index (χ1n) is 7.33. The van der Waals surface area contributed by atoms with Gasteiger partial charge in [-0.1, -0.05) is 12.1 Å². The number of phenolic OH excluding ortho intramolecular Hbond substituents is 1. The molecule has 21 heavy (non-hydrogen) atoms. The fourth-order valence-electron chi connectivity index (χ4n) is 2.30. The van der Waals surface area contributed by atoms with Crippen LogP contribution in [0.4, 0.5) is 4.79 Å². The zero-order valence-corrected chi connectivity index (χ0v) is 12.9. The van der Waals surface area contributed by atoms with E-state index < -0.39 is 5.60 Å². The first-order chi connectivity index (χ1) is 9.83. The molecule has 1 unspecified atom stereocenters. The summed E-state index contributed by atoms with van der Waals surface area (Å²) in [5.74, 6) is 0.274. The topological polar surface area (TPSA) is 61.8 Å². The first-order valence-corrected chi connectivity index (χ1v) is 7.33. The van der Waals surface area contributed by atoms with Crippen molar-refractivity contribution in [3.63, 3.8) is 0 Å². The molecule has 1 aliphatic heterocycles. The van der Waals surface area contributed by atoms with Gasteiger partial charge >= 0.3 is 6.09 Å². The summed E-state index contributed by atoms with van der Waals surface area (Å²) in [6.45, 7) is 7.76. The Bertz CT molecular complexity index is 479. The number of hydrogen-bond donors (Lipinski definition) is 2. The zero-order chi connectivity index (χ0) is 15.5. The minimum absolute atomic E-state index is 0.239. The summed E-state index contributed by atoms with van der Waals surface area (Å²) in [4.78, 5) is 13.7. The molecule has 2 N–H and O–H groups in total. The second-order valence-electron chi connectivity index (χ2n) is 6.46. The van der Waals surface area contributed by atoms with Crippen LogP contribution in [0.5, 0.6) is 5.75 Å². The maximum absolute atomic E-state index is 12.0. The molecule has 1 aromatic carbocycles. The van der Waals surface area contributed by atoms with E-state index in [1.165, 1.54) is 0 Å². The van der Waals surface area contributed by atoms with E-state index in [2.05, 4.69) is 5.32 Å². The highest BCUT2D eigenvalue weighted by Gasteiger charge is 2.29. The van der Waals surface area contributed by atoms with Gasteiger partial charge in [0.05, 0.1) is 0 Å². The quantitative estimate of drug-likeness (QED) is 0.898. The Kier molecular flexibility index (Phi) is 4.73. The third-order valence-electron chi connectivity index (χ3n) is 3.37. The maximum atomic E-state index is 12.0. The molecule has 0 bridgehead atoms. The number of phenols is 1. The Morgan fingerprint density at radius 2 is 2.05 bits per heavy atom. The average Bonchev–Trinajstić information content (AvgIpc) is 2.85. The van der Waals surface area contributed by atoms with E-state index in [1.807, 2.05) is 32.9 Å². The van der Waals surface area contributed by atoms with Crippen molar-refractivity contribution in [1.82, 2.24) is 10.2 Å². The number of aromatic hydroxyl groups is 1. The number of amides is 1. The van der Waals surface area contributed by atoms with Crippen LogP contribution in [0.3, 0.4) is 0 Å². The van der Waals surface area contributed by atoms with Crippen LogP contribution in [0.15, 0.2) is 24.3 Å². The monoisotopic (exact) mass is 292 g/mol. The van der Waals surface area contributed by atoms with E-state index in [1.54, 1.807) is 17.0 Å². The lowest BCUT2D eigenvalue weighted by Crippen LogP contribution is -2.38. The van der Waals surface area contributed by atoms with Gasteiger partial charge in [0.2, 0.25) is 0 Å². The smallest absolute Gasteiger partial charge is 0.410 e. The second-order valence-corrected chi connectivity index (χ2v) is 6.46. The molecule has 2 rings (SSSR count). The highest BCUT2D eigenvalue weighted by Crippen LogP contribution is 2.16. The van der Waals surface area contributed by atoms with Gasteiger partial charge in [0, 0.05) is 25.7 Å². The van der Waals surface area contributed by atoms with Crippen molar-refractivity contribution >= 4 is 6.09 Å². The Morgan fingerprint density at radius 3 is 2.67 bits per heavy atom. The van der Waals surface area contributed by atoms with Crippen molar-refractivity contribution in [3.05, 3.63) is 29.8 Å². The molecule has 5 heteroatoms. The number of hydrogen-bond acceptors (Lipinski definition) is 4. The molecule has 1 heterocycles. The fraction of sp³-hybridized carbons (Fsp3) is 0.562. The molecule has 0 saturated carbocycles. The standard InChI is InChI=1S/C16H24N2O3/c1-16(2,3)21-15(20)18-9-8-13(11-18)17-10-12-4-6-14(19)7-5-12/h4-7,13,17,19H,8-11H2,1-3H3. The van der Waals surface area contributed by atoms with Crippen LogP contribution >= 0.6 is 0 Å². The predicted octanol–water partition coefficient (Wildman–Crippen LogP) is 2.49. The molecule has 0 aromatic heterocycles. The van der Waals surface area contributed by atoms with Gasteiger partial charge in [0.15, 0.2) is 0 Å². The van der Waals surface area contributed by atoms with E-state index in [-0.39, 0.29) is 17.9 Å². The van der Waals surface area contributed by atoms with Gasteiger partial charge in [0.1, 0.15) is 11.4 Å². The number of ether oxygens (including phenoxy) is 1. The summed E-state index contributed by atoms with van der Waals surface area (Å²) < 4.78 is 5.38. The molecule has 1 aromatic rings. The Hall–Kier alpha value is -1.75. The van der Waals surface area contributed by atoms with Crippen LogP contribution in [-0.4, -0.2) is 40.8 Å². The summed E-state index contributed by atoms with van der Waals surface area (Å²) in [7, 11) is 0. The van der Waals surface area contributed by atoms with Crippen molar-refractivity contribution in [1.29, 1.82) is 0 Å². The number of benzene rings is 1. The van der Waals surface area contributed by atoms with Gasteiger partial charge in [-0.25, -0.2) is 4.79 Å². The Labute approximate surface area is 125 Å². The van der Waals surface area contributed by atoms with Crippen LogP contribution in [0.1, 0.15) is 32.8 Å². The summed E-state index contributed by atoms with van der Waals surface area (Å²) in [6, 6.07) is 7.43. The second kappa shape index (κ2) is 6.35. The van der Waals surface area contributed by atoms with Gasteiger partial charge in [-0.3, -0.25) is 0 Å². The van der Waals surface area contributed by atoms with Crippen LogP contribution in [0, 0.1) is 0 Å². The van der Waals surface area contributed by atoms with E-state index in [0.29, 0.717) is 6.54 Å². The summed E-state index contributed by atoms with van der Waals surface area (Å²) in [5, 5.41) is 12.7. The Balaban J connectivity index is 1.77. The van der Waals surface area contributed by atoms with Crippen LogP contribution in [0.2, 0.25) is 0 Å². The molecule has 0 aliphatic carbocycles. The molecule has 0 spiro atoms. The minimum atomic E-state index is -0.450.